The van der Waals surface area contributed by atoms with Crippen LogP contribution in [0.4, 0.5) is 5.69 Å². The minimum absolute atomic E-state index is 0.0241. The van der Waals surface area contributed by atoms with Crippen LogP contribution in [-0.4, -0.2) is 47.9 Å². The van der Waals surface area contributed by atoms with Gasteiger partial charge in [-0.2, -0.15) is 0 Å². The fraction of sp³-hybridized carbons (Fsp3) is 0.375. The second-order valence-corrected chi connectivity index (χ2v) is 7.89. The molecule has 0 radical (unpaired) electrons. The number of methoxy groups -OCH3 is 1. The lowest BCUT2D eigenvalue weighted by molar-refractivity contribution is -0.135. The number of carbonyl (C=O) groups is 3. The van der Waals surface area contributed by atoms with E-state index in [1.807, 2.05) is 12.1 Å². The van der Waals surface area contributed by atoms with Gasteiger partial charge < -0.3 is 25.4 Å². The van der Waals surface area contributed by atoms with Crippen LogP contribution in [-0.2, 0) is 14.4 Å². The number of amides is 3. The highest BCUT2D eigenvalue weighted by molar-refractivity contribution is 5.94. The average Bonchev–Trinajstić information content (AvgIpc) is 2.80. The number of ether oxygens (including phenoxy) is 1. The molecule has 2 aromatic rings. The Morgan fingerprint density at radius 1 is 1.09 bits per heavy atom. The summed E-state index contributed by atoms with van der Waals surface area (Å²) in [5.74, 6) is 0.0541. The molecule has 8 nitrogen and oxygen atoms in total. The summed E-state index contributed by atoms with van der Waals surface area (Å²) in [5.41, 5.74) is 1.21. The summed E-state index contributed by atoms with van der Waals surface area (Å²) >= 11 is 0. The molecule has 0 unspecified atom stereocenters. The number of likely N-dealkylation sites (tertiary alicyclic amines) is 1. The second kappa shape index (κ2) is 10.7. The summed E-state index contributed by atoms with van der Waals surface area (Å²) in [6.45, 7) is 2.36. The van der Waals surface area contributed by atoms with Crippen LogP contribution in [0.2, 0.25) is 0 Å². The maximum absolute atomic E-state index is 12.9. The monoisotopic (exact) mass is 439 g/mol. The minimum Gasteiger partial charge on any atom is -0.506 e. The molecule has 8 heteroatoms. The van der Waals surface area contributed by atoms with E-state index in [4.69, 9.17) is 4.74 Å². The highest BCUT2D eigenvalue weighted by Gasteiger charge is 2.29. The van der Waals surface area contributed by atoms with E-state index in [-0.39, 0.29) is 35.8 Å². The van der Waals surface area contributed by atoms with Gasteiger partial charge in [-0.05, 0) is 42.7 Å². The molecule has 1 atom stereocenters. The standard InChI is InChI=1S/C24H29N3O5/c1-16(28)25-21(17-7-9-19(32-2)10-8-17)15-23(30)27-13-11-18(12-14-27)24(31)26-20-5-3-4-6-22(20)29/h3-10,18,21,29H,11-15H2,1-2H3,(H,25,28)(H,26,31)/t21-/m0/s1. The Labute approximate surface area is 187 Å². The Hall–Kier alpha value is -3.55. The van der Waals surface area contributed by atoms with Gasteiger partial charge in [-0.1, -0.05) is 24.3 Å². The Morgan fingerprint density at radius 2 is 1.75 bits per heavy atom. The van der Waals surface area contributed by atoms with Gasteiger partial charge in [-0.15, -0.1) is 0 Å². The van der Waals surface area contributed by atoms with Gasteiger partial charge in [0.2, 0.25) is 17.7 Å². The third-order valence-corrected chi connectivity index (χ3v) is 5.65. The molecule has 0 aromatic heterocycles. The van der Waals surface area contributed by atoms with Crippen molar-refractivity contribution in [2.45, 2.75) is 32.2 Å². The fourth-order valence-corrected chi connectivity index (χ4v) is 3.84. The zero-order valence-corrected chi connectivity index (χ0v) is 18.3. The number of phenols is 1. The third kappa shape index (κ3) is 6.00. The van der Waals surface area contributed by atoms with Gasteiger partial charge in [-0.3, -0.25) is 14.4 Å². The van der Waals surface area contributed by atoms with Gasteiger partial charge in [0.15, 0.2) is 0 Å². The lowest BCUT2D eigenvalue weighted by atomic mass is 9.94. The van der Waals surface area contributed by atoms with Crippen LogP contribution in [0.5, 0.6) is 11.5 Å². The van der Waals surface area contributed by atoms with Crippen LogP contribution in [0, 0.1) is 5.92 Å². The Bertz CT molecular complexity index is 952. The van der Waals surface area contributed by atoms with Gasteiger partial charge in [0, 0.05) is 25.9 Å². The molecular weight excluding hydrogens is 410 g/mol. The van der Waals surface area contributed by atoms with Gasteiger partial charge in [0.1, 0.15) is 11.5 Å². The van der Waals surface area contributed by atoms with Crippen molar-refractivity contribution < 1.29 is 24.2 Å². The molecule has 1 saturated heterocycles. The number of anilines is 1. The lowest BCUT2D eigenvalue weighted by Crippen LogP contribution is -2.43. The van der Waals surface area contributed by atoms with Crippen LogP contribution < -0.4 is 15.4 Å². The molecule has 32 heavy (non-hydrogen) atoms. The predicted octanol–water partition coefficient (Wildman–Crippen LogP) is 2.85. The van der Waals surface area contributed by atoms with Crippen molar-refractivity contribution in [2.24, 2.45) is 5.92 Å². The zero-order valence-electron chi connectivity index (χ0n) is 18.3. The summed E-state index contributed by atoms with van der Waals surface area (Å²) in [4.78, 5) is 38.9. The van der Waals surface area contributed by atoms with E-state index in [1.54, 1.807) is 42.3 Å². The number of hydrogen-bond donors (Lipinski definition) is 3. The SMILES string of the molecule is COc1ccc([C@H](CC(=O)N2CCC(C(=O)Nc3ccccc3O)CC2)NC(C)=O)cc1. The Morgan fingerprint density at radius 3 is 2.34 bits per heavy atom. The van der Waals surface area contributed by atoms with Gasteiger partial charge in [0.25, 0.3) is 0 Å². The van der Waals surface area contributed by atoms with E-state index >= 15 is 0 Å². The molecule has 2 aromatic carbocycles. The quantitative estimate of drug-likeness (QED) is 0.575. The fourth-order valence-electron chi connectivity index (χ4n) is 3.84. The maximum Gasteiger partial charge on any atom is 0.227 e. The smallest absolute Gasteiger partial charge is 0.227 e. The number of carbonyl (C=O) groups excluding carboxylic acids is 3. The van der Waals surface area contributed by atoms with Crippen molar-refractivity contribution in [1.29, 1.82) is 0 Å². The van der Waals surface area contributed by atoms with Crippen molar-refractivity contribution in [3.05, 3.63) is 54.1 Å². The number of nitrogens with zero attached hydrogens (tertiary/aromatic N) is 1. The molecule has 3 N–H and O–H groups in total. The van der Waals surface area contributed by atoms with E-state index in [2.05, 4.69) is 10.6 Å². The summed E-state index contributed by atoms with van der Waals surface area (Å²) in [6, 6.07) is 13.4. The summed E-state index contributed by atoms with van der Waals surface area (Å²) in [7, 11) is 1.58. The van der Waals surface area contributed by atoms with Crippen molar-refractivity contribution in [2.75, 3.05) is 25.5 Å². The van der Waals surface area contributed by atoms with E-state index < -0.39 is 6.04 Å². The first-order valence-corrected chi connectivity index (χ1v) is 10.6. The number of rotatable bonds is 7. The Balaban J connectivity index is 1.56. The van der Waals surface area contributed by atoms with Crippen LogP contribution in [0.15, 0.2) is 48.5 Å². The van der Waals surface area contributed by atoms with E-state index in [0.29, 0.717) is 37.4 Å². The summed E-state index contributed by atoms with van der Waals surface area (Å²) < 4.78 is 5.17. The second-order valence-electron chi connectivity index (χ2n) is 7.89. The zero-order chi connectivity index (χ0) is 23.1. The van der Waals surface area contributed by atoms with E-state index in [1.165, 1.54) is 13.0 Å². The first kappa shape index (κ1) is 23.1. The van der Waals surface area contributed by atoms with Crippen LogP contribution in [0.25, 0.3) is 0 Å². The molecule has 1 fully saturated rings. The number of phenolic OH excluding ortho intramolecular Hbond substituents is 1. The number of para-hydroxylation sites is 2. The Kier molecular flexibility index (Phi) is 7.70. The van der Waals surface area contributed by atoms with Gasteiger partial charge in [-0.25, -0.2) is 0 Å². The molecule has 170 valence electrons. The van der Waals surface area contributed by atoms with Crippen LogP contribution in [0.3, 0.4) is 0 Å². The number of benzene rings is 2. The molecular formula is C24H29N3O5. The largest absolute Gasteiger partial charge is 0.506 e. The average molecular weight is 440 g/mol. The molecule has 1 aliphatic rings. The number of nitrogens with one attached hydrogen (secondary N) is 2. The number of aromatic hydroxyl groups is 1. The van der Waals surface area contributed by atoms with Crippen LogP contribution in [0.1, 0.15) is 37.8 Å². The summed E-state index contributed by atoms with van der Waals surface area (Å²) in [5, 5.41) is 15.4. The number of hydrogen-bond acceptors (Lipinski definition) is 5. The van der Waals surface area contributed by atoms with Gasteiger partial charge in [0.05, 0.1) is 25.3 Å². The van der Waals surface area contributed by atoms with E-state index in [9.17, 15) is 19.5 Å². The predicted molar refractivity (Wildman–Crippen MR) is 120 cm³/mol. The van der Waals surface area contributed by atoms with Crippen molar-refractivity contribution in [3.63, 3.8) is 0 Å². The molecule has 0 bridgehead atoms. The van der Waals surface area contributed by atoms with Crippen molar-refractivity contribution >= 4 is 23.4 Å². The first-order valence-electron chi connectivity index (χ1n) is 10.6. The minimum atomic E-state index is -0.437. The molecule has 1 heterocycles. The molecule has 0 aliphatic carbocycles. The molecule has 0 spiro atoms. The molecule has 0 saturated carbocycles. The third-order valence-electron chi connectivity index (χ3n) is 5.65. The molecule has 1 aliphatic heterocycles. The number of piperidine rings is 1. The highest BCUT2D eigenvalue weighted by atomic mass is 16.5. The van der Waals surface area contributed by atoms with E-state index in [0.717, 1.165) is 5.56 Å². The molecule has 3 amide bonds. The van der Waals surface area contributed by atoms with Crippen molar-refractivity contribution in [3.8, 4) is 11.5 Å². The van der Waals surface area contributed by atoms with Crippen molar-refractivity contribution in [1.82, 2.24) is 10.2 Å². The van der Waals surface area contributed by atoms with Gasteiger partial charge >= 0.3 is 0 Å². The maximum atomic E-state index is 12.9. The normalized spacial score (nSPS) is 15.0. The first-order chi connectivity index (χ1) is 15.4. The molecule has 3 rings (SSSR count). The lowest BCUT2D eigenvalue weighted by Gasteiger charge is -2.32. The highest BCUT2D eigenvalue weighted by Crippen LogP contribution is 2.26. The topological polar surface area (TPSA) is 108 Å². The summed E-state index contributed by atoms with van der Waals surface area (Å²) in [6.07, 6.45) is 1.22. The van der Waals surface area contributed by atoms with Crippen LogP contribution >= 0.6 is 0 Å².